The maximum Gasteiger partial charge on any atom is 0.127 e. The molecule has 0 unspecified atom stereocenters. The smallest absolute Gasteiger partial charge is 0.127 e. The molecule has 2 aromatic carbocycles. The molecule has 3 nitrogen and oxygen atoms in total. The summed E-state index contributed by atoms with van der Waals surface area (Å²) in [5.41, 5.74) is 2.61. The van der Waals surface area contributed by atoms with Crippen molar-refractivity contribution in [2.45, 2.75) is 31.8 Å². The van der Waals surface area contributed by atoms with Gasteiger partial charge in [-0.3, -0.25) is 9.88 Å². The molecule has 1 saturated heterocycles. The van der Waals surface area contributed by atoms with Gasteiger partial charge in [0, 0.05) is 25.0 Å². The zero-order valence-electron chi connectivity index (χ0n) is 14.9. The second kappa shape index (κ2) is 8.15. The molecule has 3 heteroatoms. The molecular weight excluding hydrogens is 320 g/mol. The van der Waals surface area contributed by atoms with E-state index in [1.54, 1.807) is 0 Å². The minimum atomic E-state index is 0.455. The fourth-order valence-corrected chi connectivity index (χ4v) is 3.70. The number of aromatic nitrogens is 1. The molecule has 1 aliphatic heterocycles. The Hall–Kier alpha value is -2.65. The lowest BCUT2D eigenvalue weighted by atomic mass is 9.96. The van der Waals surface area contributed by atoms with Crippen molar-refractivity contribution in [3.8, 4) is 11.5 Å². The number of pyridine rings is 1. The van der Waals surface area contributed by atoms with Crippen molar-refractivity contribution >= 4 is 0 Å². The summed E-state index contributed by atoms with van der Waals surface area (Å²) >= 11 is 0. The van der Waals surface area contributed by atoms with Gasteiger partial charge in [-0.1, -0.05) is 42.8 Å². The van der Waals surface area contributed by atoms with Gasteiger partial charge < -0.3 is 4.74 Å². The fourth-order valence-electron chi connectivity index (χ4n) is 3.70. The van der Waals surface area contributed by atoms with Gasteiger partial charge in [0.2, 0.25) is 0 Å². The highest BCUT2D eigenvalue weighted by Crippen LogP contribution is 2.32. The van der Waals surface area contributed by atoms with Gasteiger partial charge in [-0.25, -0.2) is 0 Å². The van der Waals surface area contributed by atoms with Crippen molar-refractivity contribution in [2.24, 2.45) is 0 Å². The molecule has 3 aromatic rings. The molecule has 2 heterocycles. The molecule has 0 spiro atoms. The number of ether oxygens (including phenoxy) is 1. The number of nitrogens with zero attached hydrogens (tertiary/aromatic N) is 2. The van der Waals surface area contributed by atoms with Crippen LogP contribution in [-0.4, -0.2) is 16.4 Å². The van der Waals surface area contributed by atoms with Crippen LogP contribution in [0.4, 0.5) is 0 Å². The van der Waals surface area contributed by atoms with Gasteiger partial charge >= 0.3 is 0 Å². The van der Waals surface area contributed by atoms with Crippen molar-refractivity contribution in [3.63, 3.8) is 0 Å². The van der Waals surface area contributed by atoms with Crippen LogP contribution in [0.2, 0.25) is 0 Å². The van der Waals surface area contributed by atoms with E-state index in [0.717, 1.165) is 24.6 Å². The summed E-state index contributed by atoms with van der Waals surface area (Å²) < 4.78 is 5.99. The summed E-state index contributed by atoms with van der Waals surface area (Å²) in [5, 5.41) is 0. The monoisotopic (exact) mass is 344 g/mol. The Morgan fingerprint density at radius 3 is 2.65 bits per heavy atom. The summed E-state index contributed by atoms with van der Waals surface area (Å²) in [6.45, 7) is 2.06. The van der Waals surface area contributed by atoms with Gasteiger partial charge in [0.05, 0.1) is 0 Å². The van der Waals surface area contributed by atoms with Crippen LogP contribution in [0, 0.1) is 0 Å². The van der Waals surface area contributed by atoms with Crippen LogP contribution < -0.4 is 4.74 Å². The van der Waals surface area contributed by atoms with Crippen molar-refractivity contribution in [2.75, 3.05) is 6.54 Å². The van der Waals surface area contributed by atoms with E-state index in [0.29, 0.717) is 6.04 Å². The predicted molar refractivity (Wildman–Crippen MR) is 104 cm³/mol. The van der Waals surface area contributed by atoms with E-state index in [1.165, 1.54) is 30.4 Å². The SMILES string of the molecule is c1ccc(Oc2cccc(CN3CCCC[C@@H]3c3cccnc3)c2)cc1. The second-order valence-electron chi connectivity index (χ2n) is 6.83. The minimum absolute atomic E-state index is 0.455. The van der Waals surface area contributed by atoms with Crippen LogP contribution in [-0.2, 0) is 6.54 Å². The number of hydrogen-bond acceptors (Lipinski definition) is 3. The Morgan fingerprint density at radius 2 is 1.81 bits per heavy atom. The topological polar surface area (TPSA) is 25.4 Å². The van der Waals surface area contributed by atoms with Gasteiger partial charge in [0.25, 0.3) is 0 Å². The van der Waals surface area contributed by atoms with Crippen LogP contribution in [0.25, 0.3) is 0 Å². The lowest BCUT2D eigenvalue weighted by molar-refractivity contribution is 0.140. The van der Waals surface area contributed by atoms with E-state index < -0.39 is 0 Å². The van der Waals surface area contributed by atoms with Gasteiger partial charge in [-0.2, -0.15) is 0 Å². The molecule has 1 atom stereocenters. The molecule has 4 rings (SSSR count). The Bertz CT molecular complexity index is 820. The molecule has 132 valence electrons. The van der Waals surface area contributed by atoms with Crippen molar-refractivity contribution in [3.05, 3.63) is 90.3 Å². The quantitative estimate of drug-likeness (QED) is 0.602. The zero-order chi connectivity index (χ0) is 17.6. The first-order valence-electron chi connectivity index (χ1n) is 9.34. The van der Waals surface area contributed by atoms with Crippen LogP contribution in [0.1, 0.15) is 36.4 Å². The second-order valence-corrected chi connectivity index (χ2v) is 6.83. The Labute approximate surface area is 155 Å². The normalized spacial score (nSPS) is 17.8. The number of piperidine rings is 1. The number of rotatable bonds is 5. The van der Waals surface area contributed by atoms with Crippen LogP contribution in [0.15, 0.2) is 79.1 Å². The van der Waals surface area contributed by atoms with Crippen molar-refractivity contribution in [1.29, 1.82) is 0 Å². The lowest BCUT2D eigenvalue weighted by Gasteiger charge is -2.36. The number of benzene rings is 2. The van der Waals surface area contributed by atoms with Crippen molar-refractivity contribution in [1.82, 2.24) is 9.88 Å². The molecule has 26 heavy (non-hydrogen) atoms. The average molecular weight is 344 g/mol. The summed E-state index contributed by atoms with van der Waals surface area (Å²) in [4.78, 5) is 6.89. The van der Waals surface area contributed by atoms with Gasteiger partial charge in [-0.15, -0.1) is 0 Å². The molecule has 0 saturated carbocycles. The minimum Gasteiger partial charge on any atom is -0.457 e. The molecule has 1 aliphatic rings. The van der Waals surface area contributed by atoms with Gasteiger partial charge in [-0.05, 0) is 60.8 Å². The number of para-hydroxylation sites is 1. The highest BCUT2D eigenvalue weighted by molar-refractivity contribution is 5.34. The Morgan fingerprint density at radius 1 is 0.923 bits per heavy atom. The highest BCUT2D eigenvalue weighted by atomic mass is 16.5. The third kappa shape index (κ3) is 4.12. The summed E-state index contributed by atoms with van der Waals surface area (Å²) in [7, 11) is 0. The molecule has 0 amide bonds. The molecule has 0 aliphatic carbocycles. The van der Waals surface area contributed by atoms with E-state index in [1.807, 2.05) is 54.9 Å². The van der Waals surface area contributed by atoms with E-state index in [2.05, 4.69) is 34.1 Å². The summed E-state index contributed by atoms with van der Waals surface area (Å²) in [6.07, 6.45) is 7.61. The Balaban J connectivity index is 1.49. The maximum atomic E-state index is 5.99. The molecule has 0 bridgehead atoms. The van der Waals surface area contributed by atoms with Crippen LogP contribution in [0.3, 0.4) is 0 Å². The van der Waals surface area contributed by atoms with Crippen LogP contribution in [0.5, 0.6) is 11.5 Å². The molecule has 0 N–H and O–H groups in total. The third-order valence-corrected chi connectivity index (χ3v) is 4.95. The number of hydrogen-bond donors (Lipinski definition) is 0. The zero-order valence-corrected chi connectivity index (χ0v) is 14.9. The molecule has 1 fully saturated rings. The lowest BCUT2D eigenvalue weighted by Crippen LogP contribution is -2.32. The molecular formula is C23H24N2O. The molecule has 0 radical (unpaired) electrons. The van der Waals surface area contributed by atoms with Crippen molar-refractivity contribution < 1.29 is 4.74 Å². The van der Waals surface area contributed by atoms with E-state index >= 15 is 0 Å². The standard InChI is InChI=1S/C23H24N2O/c1-2-10-21(11-3-1)26-22-12-6-8-19(16-22)18-25-15-5-4-13-23(25)20-9-7-14-24-17-20/h1-3,6-12,14,16-17,23H,4-5,13,15,18H2/t23-/m1/s1. The highest BCUT2D eigenvalue weighted by Gasteiger charge is 2.24. The number of likely N-dealkylation sites (tertiary alicyclic amines) is 1. The average Bonchev–Trinajstić information content (AvgIpc) is 2.70. The summed E-state index contributed by atoms with van der Waals surface area (Å²) in [6, 6.07) is 23.1. The first kappa shape index (κ1) is 16.8. The maximum absolute atomic E-state index is 5.99. The van der Waals surface area contributed by atoms with E-state index in [4.69, 9.17) is 4.74 Å². The van der Waals surface area contributed by atoms with Crippen LogP contribution >= 0.6 is 0 Å². The first-order chi connectivity index (χ1) is 12.9. The Kier molecular flexibility index (Phi) is 5.27. The van der Waals surface area contributed by atoms with E-state index in [-0.39, 0.29) is 0 Å². The largest absolute Gasteiger partial charge is 0.457 e. The van der Waals surface area contributed by atoms with E-state index in [9.17, 15) is 0 Å². The fraction of sp³-hybridized carbons (Fsp3) is 0.261. The van der Waals surface area contributed by atoms with Gasteiger partial charge in [0.1, 0.15) is 11.5 Å². The molecule has 1 aromatic heterocycles. The van der Waals surface area contributed by atoms with Gasteiger partial charge in [0.15, 0.2) is 0 Å². The first-order valence-corrected chi connectivity index (χ1v) is 9.34. The summed E-state index contributed by atoms with van der Waals surface area (Å²) in [5.74, 6) is 1.76. The predicted octanol–water partition coefficient (Wildman–Crippen LogP) is 5.60. The third-order valence-electron chi connectivity index (χ3n) is 4.95.